The monoisotopic (exact) mass is 389 g/mol. The Morgan fingerprint density at radius 2 is 1.81 bits per heavy atom. The molecule has 2 atom stereocenters. The van der Waals surface area contributed by atoms with Crippen molar-refractivity contribution in [3.63, 3.8) is 0 Å². The lowest BCUT2D eigenvalue weighted by molar-refractivity contribution is -0.940. The number of hydrogen-bond donors (Lipinski definition) is 2. The molecule has 1 aliphatic heterocycles. The normalized spacial score (nSPS) is 17.3. The predicted octanol–water partition coefficient (Wildman–Crippen LogP) is 2.08. The highest BCUT2D eigenvalue weighted by Gasteiger charge is 2.32. The zero-order valence-electron chi connectivity index (χ0n) is 15.5. The number of ether oxygens (including phenoxy) is 1. The van der Waals surface area contributed by atoms with E-state index in [4.69, 9.17) is 4.74 Å². The fourth-order valence-corrected chi connectivity index (χ4v) is 4.25. The fraction of sp³-hybridized carbons (Fsp3) is 0.381. The number of thioether (sulfide) groups is 1. The molecule has 1 amide bonds. The molecule has 0 saturated carbocycles. The van der Waals surface area contributed by atoms with Crippen LogP contribution in [-0.2, 0) is 9.53 Å². The van der Waals surface area contributed by atoms with Crippen LogP contribution in [0.25, 0.3) is 0 Å². The third-order valence-corrected chi connectivity index (χ3v) is 5.82. The summed E-state index contributed by atoms with van der Waals surface area (Å²) in [6, 6.07) is 16.8. The minimum atomic E-state index is -0.267. The summed E-state index contributed by atoms with van der Waals surface area (Å²) in [5.41, 5.74) is 1.23. The highest BCUT2D eigenvalue weighted by atomic mass is 32.2. The first kappa shape index (κ1) is 19.9. The summed E-state index contributed by atoms with van der Waals surface area (Å²) in [4.78, 5) is 14.8. The largest absolute Gasteiger partial charge is 0.370 e. The number of halogens is 1. The molecule has 0 spiro atoms. The van der Waals surface area contributed by atoms with Gasteiger partial charge in [-0.15, -0.1) is 11.8 Å². The van der Waals surface area contributed by atoms with Crippen LogP contribution < -0.4 is 10.2 Å². The summed E-state index contributed by atoms with van der Waals surface area (Å²) in [6.07, 6.45) is 0. The van der Waals surface area contributed by atoms with Gasteiger partial charge in [0.15, 0.2) is 0 Å². The molecule has 1 heterocycles. The summed E-state index contributed by atoms with van der Waals surface area (Å²) in [6.45, 7) is 5.44. The summed E-state index contributed by atoms with van der Waals surface area (Å²) in [5.74, 6) is 0.0395. The topological polar surface area (TPSA) is 42.8 Å². The Morgan fingerprint density at radius 1 is 1.15 bits per heavy atom. The molecule has 1 saturated heterocycles. The van der Waals surface area contributed by atoms with Crippen LogP contribution in [0, 0.1) is 5.82 Å². The molecule has 0 aliphatic carbocycles. The number of carbonyl (C=O) groups excluding carboxylic acids is 1. The second-order valence-electron chi connectivity index (χ2n) is 6.76. The van der Waals surface area contributed by atoms with Gasteiger partial charge in [-0.3, -0.25) is 4.79 Å². The van der Waals surface area contributed by atoms with E-state index in [0.29, 0.717) is 5.75 Å². The number of amides is 1. The first-order valence-corrected chi connectivity index (χ1v) is 10.3. The van der Waals surface area contributed by atoms with E-state index in [1.54, 1.807) is 12.1 Å². The molecule has 6 heteroatoms. The molecule has 2 N–H and O–H groups in total. The van der Waals surface area contributed by atoms with Gasteiger partial charge in [-0.05, 0) is 31.2 Å². The van der Waals surface area contributed by atoms with E-state index in [1.165, 1.54) is 34.4 Å². The van der Waals surface area contributed by atoms with Crippen LogP contribution in [0.2, 0.25) is 0 Å². The molecule has 2 aromatic carbocycles. The summed E-state index contributed by atoms with van der Waals surface area (Å²) >= 11 is 1.42. The Balaban J connectivity index is 1.61. The van der Waals surface area contributed by atoms with E-state index >= 15 is 0 Å². The summed E-state index contributed by atoms with van der Waals surface area (Å²) < 4.78 is 18.5. The maximum absolute atomic E-state index is 13.0. The van der Waals surface area contributed by atoms with Gasteiger partial charge in [0, 0.05) is 10.5 Å². The SMILES string of the molecule is C[C@H](NC(=O)CSc1ccc(F)cc1)[C@H](c1ccccc1)[NH+]1CCOCC1. The van der Waals surface area contributed by atoms with Crippen molar-refractivity contribution in [1.82, 2.24) is 5.32 Å². The molecular formula is C21H26FN2O2S+. The van der Waals surface area contributed by atoms with Crippen LogP contribution in [0.1, 0.15) is 18.5 Å². The van der Waals surface area contributed by atoms with Crippen LogP contribution in [0.4, 0.5) is 4.39 Å². The average Bonchev–Trinajstić information content (AvgIpc) is 2.69. The summed E-state index contributed by atoms with van der Waals surface area (Å²) in [5, 5.41) is 3.16. The Kier molecular flexibility index (Phi) is 7.26. The first-order valence-electron chi connectivity index (χ1n) is 9.28. The molecule has 0 bridgehead atoms. The molecule has 27 heavy (non-hydrogen) atoms. The number of rotatable bonds is 7. The number of carbonyl (C=O) groups is 1. The van der Waals surface area contributed by atoms with Gasteiger partial charge in [-0.2, -0.15) is 0 Å². The lowest BCUT2D eigenvalue weighted by Crippen LogP contribution is -3.15. The predicted molar refractivity (Wildman–Crippen MR) is 105 cm³/mol. The molecule has 4 nitrogen and oxygen atoms in total. The van der Waals surface area contributed by atoms with Crippen molar-refractivity contribution in [2.24, 2.45) is 0 Å². The molecule has 1 fully saturated rings. The molecular weight excluding hydrogens is 363 g/mol. The Morgan fingerprint density at radius 3 is 2.48 bits per heavy atom. The first-order chi connectivity index (χ1) is 13.1. The van der Waals surface area contributed by atoms with E-state index in [2.05, 4.69) is 24.4 Å². The maximum Gasteiger partial charge on any atom is 0.230 e. The van der Waals surface area contributed by atoms with Gasteiger partial charge in [-0.25, -0.2) is 4.39 Å². The van der Waals surface area contributed by atoms with E-state index in [9.17, 15) is 9.18 Å². The van der Waals surface area contributed by atoms with Gasteiger partial charge in [-0.1, -0.05) is 30.3 Å². The lowest BCUT2D eigenvalue weighted by atomic mass is 9.98. The van der Waals surface area contributed by atoms with Crippen molar-refractivity contribution in [2.75, 3.05) is 32.1 Å². The van der Waals surface area contributed by atoms with Gasteiger partial charge >= 0.3 is 0 Å². The highest BCUT2D eigenvalue weighted by molar-refractivity contribution is 8.00. The third kappa shape index (κ3) is 5.79. The van der Waals surface area contributed by atoms with Crippen LogP contribution in [0.5, 0.6) is 0 Å². The molecule has 144 valence electrons. The number of benzene rings is 2. The lowest BCUT2D eigenvalue weighted by Gasteiger charge is -2.35. The standard InChI is InChI=1S/C21H25FN2O2S/c1-16(23-20(25)15-27-19-9-7-18(22)8-10-19)21(17-5-3-2-4-6-17)24-11-13-26-14-12-24/h2-10,16,21H,11-15H2,1H3,(H,23,25)/p+1/t16-,21+/m0/s1. The Hall–Kier alpha value is -1.89. The van der Waals surface area contributed by atoms with Crippen molar-refractivity contribution >= 4 is 17.7 Å². The Bertz CT molecular complexity index is 721. The van der Waals surface area contributed by atoms with Crippen molar-refractivity contribution in [3.8, 4) is 0 Å². The average molecular weight is 390 g/mol. The maximum atomic E-state index is 13.0. The minimum Gasteiger partial charge on any atom is -0.370 e. The zero-order valence-corrected chi connectivity index (χ0v) is 16.3. The molecule has 3 rings (SSSR count). The van der Waals surface area contributed by atoms with E-state index in [1.807, 2.05) is 18.2 Å². The molecule has 0 unspecified atom stereocenters. The van der Waals surface area contributed by atoms with Crippen molar-refractivity contribution in [2.45, 2.75) is 23.9 Å². The second-order valence-corrected chi connectivity index (χ2v) is 7.81. The van der Waals surface area contributed by atoms with Gasteiger partial charge in [0.25, 0.3) is 0 Å². The molecule has 0 radical (unpaired) electrons. The molecule has 2 aromatic rings. The van der Waals surface area contributed by atoms with Gasteiger partial charge in [0.1, 0.15) is 24.9 Å². The number of quaternary nitrogens is 1. The number of hydrogen-bond acceptors (Lipinski definition) is 3. The number of nitrogens with one attached hydrogen (secondary N) is 2. The van der Waals surface area contributed by atoms with Crippen LogP contribution in [0.3, 0.4) is 0 Å². The van der Waals surface area contributed by atoms with Crippen LogP contribution in [-0.4, -0.2) is 44.0 Å². The van der Waals surface area contributed by atoms with Gasteiger partial charge in [0.05, 0.1) is 25.0 Å². The number of morpholine rings is 1. The van der Waals surface area contributed by atoms with Crippen molar-refractivity contribution in [3.05, 3.63) is 66.0 Å². The van der Waals surface area contributed by atoms with E-state index in [-0.39, 0.29) is 23.8 Å². The zero-order chi connectivity index (χ0) is 19.1. The molecule has 0 aromatic heterocycles. The van der Waals surface area contributed by atoms with Crippen LogP contribution >= 0.6 is 11.8 Å². The van der Waals surface area contributed by atoms with Crippen LogP contribution in [0.15, 0.2) is 59.5 Å². The van der Waals surface area contributed by atoms with E-state index < -0.39 is 0 Å². The minimum absolute atomic E-state index is 0.00168. The summed E-state index contributed by atoms with van der Waals surface area (Å²) in [7, 11) is 0. The van der Waals surface area contributed by atoms with Gasteiger partial charge < -0.3 is 15.0 Å². The smallest absolute Gasteiger partial charge is 0.230 e. The fourth-order valence-electron chi connectivity index (χ4n) is 3.54. The molecule has 1 aliphatic rings. The van der Waals surface area contributed by atoms with Crippen molar-refractivity contribution in [1.29, 1.82) is 0 Å². The van der Waals surface area contributed by atoms with E-state index in [0.717, 1.165) is 31.2 Å². The van der Waals surface area contributed by atoms with Crippen molar-refractivity contribution < 1.29 is 18.8 Å². The third-order valence-electron chi connectivity index (χ3n) is 4.81. The second kappa shape index (κ2) is 9.88. The Labute approximate surface area is 164 Å². The highest BCUT2D eigenvalue weighted by Crippen LogP contribution is 2.18. The van der Waals surface area contributed by atoms with Gasteiger partial charge in [0.2, 0.25) is 5.91 Å². The quantitative estimate of drug-likeness (QED) is 0.713.